The lowest BCUT2D eigenvalue weighted by Gasteiger charge is -2.19. The highest BCUT2D eigenvalue weighted by molar-refractivity contribution is 5.95. The number of aromatic nitrogens is 4. The molecule has 3 aromatic heterocycles. The van der Waals surface area contributed by atoms with Gasteiger partial charge in [-0.25, -0.2) is 15.0 Å². The van der Waals surface area contributed by atoms with E-state index in [-0.39, 0.29) is 29.5 Å². The van der Waals surface area contributed by atoms with Gasteiger partial charge in [-0.2, -0.15) is 0 Å². The predicted octanol–water partition coefficient (Wildman–Crippen LogP) is 10.1. The van der Waals surface area contributed by atoms with Crippen LogP contribution in [0.4, 0.5) is 5.82 Å². The van der Waals surface area contributed by atoms with E-state index in [4.69, 9.17) is 16.9 Å². The molecule has 7 heteroatoms. The smallest absolute Gasteiger partial charge is 0.141 e. The Balaban J connectivity index is 0.000000197. The molecule has 3 aromatic carbocycles. The van der Waals surface area contributed by atoms with Crippen molar-refractivity contribution in [3.63, 3.8) is 0 Å². The van der Waals surface area contributed by atoms with E-state index in [1.54, 1.807) is 6.07 Å². The third-order valence-electron chi connectivity index (χ3n) is 8.24. The molecule has 258 valence electrons. The molecule has 5 N–H and O–H groups in total. The molecule has 6 aromatic rings. The number of amidine groups is 1. The summed E-state index contributed by atoms with van der Waals surface area (Å²) in [5, 5.41) is 10.6. The number of nitrogens with two attached hydrogens (primary N) is 2. The minimum absolute atomic E-state index is 0. The van der Waals surface area contributed by atoms with Gasteiger partial charge in [0.15, 0.2) is 0 Å². The van der Waals surface area contributed by atoms with Gasteiger partial charge in [-0.15, -0.1) is 0 Å². The second-order valence-electron chi connectivity index (χ2n) is 15.5. The molecule has 0 aliphatic rings. The number of nitrogen functional groups attached to an aromatic ring is 2. The van der Waals surface area contributed by atoms with Crippen LogP contribution in [0.3, 0.4) is 0 Å². The number of rotatable bonds is 1. The summed E-state index contributed by atoms with van der Waals surface area (Å²) in [5.74, 6) is 1.28. The number of hydrogen-bond donors (Lipinski definition) is 3. The third kappa shape index (κ3) is 9.82. The zero-order valence-electron chi connectivity index (χ0n) is 30.4. The molecular weight excluding hydrogens is 603 g/mol. The molecule has 6 rings (SSSR count). The molecule has 0 radical (unpaired) electrons. The second-order valence-corrected chi connectivity index (χ2v) is 15.5. The molecule has 0 saturated heterocycles. The Kier molecular flexibility index (Phi) is 11.6. The summed E-state index contributed by atoms with van der Waals surface area (Å²) < 4.78 is 0. The summed E-state index contributed by atoms with van der Waals surface area (Å²) in [6.07, 6.45) is 0. The zero-order valence-corrected chi connectivity index (χ0v) is 30.4. The Morgan fingerprint density at radius 1 is 0.551 bits per heavy atom. The van der Waals surface area contributed by atoms with Gasteiger partial charge in [-0.05, 0) is 83.2 Å². The van der Waals surface area contributed by atoms with E-state index >= 15 is 0 Å². The highest BCUT2D eigenvalue weighted by Crippen LogP contribution is 2.28. The first-order valence-electron chi connectivity index (χ1n) is 16.4. The fraction of sp³-hybridized carbons (Fsp3) is 0.357. The van der Waals surface area contributed by atoms with Crippen molar-refractivity contribution in [1.82, 2.24) is 19.9 Å². The van der Waals surface area contributed by atoms with E-state index in [0.29, 0.717) is 11.5 Å². The maximum Gasteiger partial charge on any atom is 0.141 e. The molecule has 0 aliphatic carbocycles. The third-order valence-corrected chi connectivity index (χ3v) is 8.24. The van der Waals surface area contributed by atoms with Crippen LogP contribution in [-0.4, -0.2) is 25.8 Å². The zero-order chi connectivity index (χ0) is 35.6. The van der Waals surface area contributed by atoms with Crippen LogP contribution >= 0.6 is 0 Å². The average Bonchev–Trinajstić information content (AvgIpc) is 2.99. The lowest BCUT2D eigenvalue weighted by atomic mass is 9.86. The van der Waals surface area contributed by atoms with Gasteiger partial charge < -0.3 is 11.5 Å². The first kappa shape index (κ1) is 38.5. The predicted molar refractivity (Wildman–Crippen MR) is 211 cm³/mol. The van der Waals surface area contributed by atoms with E-state index < -0.39 is 0 Å². The van der Waals surface area contributed by atoms with Gasteiger partial charge in [0.2, 0.25) is 0 Å². The summed E-state index contributed by atoms with van der Waals surface area (Å²) >= 11 is 0. The van der Waals surface area contributed by atoms with Crippen molar-refractivity contribution < 1.29 is 0 Å². The normalized spacial score (nSPS) is 11.7. The Hall–Kier alpha value is -4.91. The molecule has 3 heterocycles. The van der Waals surface area contributed by atoms with Crippen molar-refractivity contribution >= 4 is 44.4 Å². The summed E-state index contributed by atoms with van der Waals surface area (Å²) in [4.78, 5) is 17.5. The number of hydrogen-bond acceptors (Lipinski definition) is 6. The van der Waals surface area contributed by atoms with E-state index in [1.165, 1.54) is 22.1 Å². The first-order valence-corrected chi connectivity index (χ1v) is 16.4. The van der Waals surface area contributed by atoms with E-state index in [1.807, 2.05) is 26.0 Å². The van der Waals surface area contributed by atoms with Gasteiger partial charge in [-0.1, -0.05) is 112 Å². The summed E-state index contributed by atoms with van der Waals surface area (Å²) in [6.45, 7) is 23.6. The van der Waals surface area contributed by atoms with Crippen LogP contribution in [0, 0.1) is 19.3 Å². The van der Waals surface area contributed by atoms with Crippen molar-refractivity contribution in [3.8, 4) is 0 Å². The van der Waals surface area contributed by atoms with E-state index in [9.17, 15) is 0 Å². The average molecular weight is 658 g/mol. The molecule has 0 amide bonds. The van der Waals surface area contributed by atoms with Crippen LogP contribution in [0.2, 0.25) is 0 Å². The fourth-order valence-electron chi connectivity index (χ4n) is 5.16. The Morgan fingerprint density at radius 3 is 1.47 bits per heavy atom. The Bertz CT molecular complexity index is 2090. The van der Waals surface area contributed by atoms with Crippen molar-refractivity contribution in [1.29, 1.82) is 5.41 Å². The van der Waals surface area contributed by atoms with Crippen molar-refractivity contribution in [2.75, 3.05) is 5.73 Å². The molecule has 0 unspecified atom stereocenters. The number of nitrogens with one attached hydrogen (secondary N) is 1. The SMILES string of the molecule is C.CC(C)(C)c1ccc2ccc(C(=N)N)nc2c1.Cc1ccc2ccc(C(C)(C)C)cc2n1.Cc1nc(N)c2ccc(C(C)(C)C)cc2n1. The number of anilines is 1. The first-order chi connectivity index (χ1) is 22.2. The molecule has 7 nitrogen and oxygen atoms in total. The second kappa shape index (κ2) is 14.7. The molecule has 0 bridgehead atoms. The van der Waals surface area contributed by atoms with Crippen molar-refractivity contribution in [2.45, 2.75) is 99.8 Å². The quantitative estimate of drug-likeness (QED) is 0.119. The van der Waals surface area contributed by atoms with Crippen LogP contribution < -0.4 is 11.5 Å². The van der Waals surface area contributed by atoms with Gasteiger partial charge in [0.05, 0.1) is 16.6 Å². The van der Waals surface area contributed by atoms with Crippen LogP contribution in [-0.2, 0) is 16.2 Å². The van der Waals surface area contributed by atoms with Crippen LogP contribution in [0.15, 0.2) is 78.9 Å². The number of benzene rings is 3. The number of aryl methyl sites for hydroxylation is 2. The van der Waals surface area contributed by atoms with Gasteiger partial charge in [-0.3, -0.25) is 10.4 Å². The van der Waals surface area contributed by atoms with Crippen molar-refractivity contribution in [2.24, 2.45) is 5.73 Å². The lowest BCUT2D eigenvalue weighted by molar-refractivity contribution is 0.590. The fourth-order valence-corrected chi connectivity index (χ4v) is 5.16. The van der Waals surface area contributed by atoms with Gasteiger partial charge in [0.25, 0.3) is 0 Å². The van der Waals surface area contributed by atoms with E-state index in [2.05, 4.69) is 143 Å². The molecule has 0 spiro atoms. The van der Waals surface area contributed by atoms with Crippen LogP contribution in [0.1, 0.15) is 104 Å². The van der Waals surface area contributed by atoms with Crippen LogP contribution in [0.25, 0.3) is 32.7 Å². The minimum atomic E-state index is 0. The van der Waals surface area contributed by atoms with Gasteiger partial charge in [0.1, 0.15) is 23.2 Å². The van der Waals surface area contributed by atoms with Crippen molar-refractivity contribution in [3.05, 3.63) is 113 Å². The lowest BCUT2D eigenvalue weighted by Crippen LogP contribution is -2.13. The molecule has 0 fully saturated rings. The number of pyridine rings is 2. The largest absolute Gasteiger partial charge is 0.383 e. The minimum Gasteiger partial charge on any atom is -0.383 e. The van der Waals surface area contributed by atoms with E-state index in [0.717, 1.165) is 38.8 Å². The standard InChI is InChI=1S/C14H17N3.C14H17N.C13H17N3.CH4/c1-14(2,3)10-6-4-9-5-7-11(13(15)16)17-12(9)8-10;1-10-5-6-11-7-8-12(14(2,3)4)9-13(11)15-10;1-8-15-11-7-9(13(2,3)4)5-6-10(11)12(14)16-8;/h4-8H,1-3H3,(H3,15,16);5-9H,1-4H3;5-7H,1-4H3,(H2,14,15,16);1H4. The molecule has 0 saturated carbocycles. The monoisotopic (exact) mass is 657 g/mol. The maximum absolute atomic E-state index is 7.40. The highest BCUT2D eigenvalue weighted by Gasteiger charge is 2.16. The Labute approximate surface area is 293 Å². The molecule has 0 aliphatic heterocycles. The topological polar surface area (TPSA) is 127 Å². The number of nitrogens with zero attached hydrogens (tertiary/aromatic N) is 4. The summed E-state index contributed by atoms with van der Waals surface area (Å²) in [7, 11) is 0. The Morgan fingerprint density at radius 2 is 0.980 bits per heavy atom. The van der Waals surface area contributed by atoms with Crippen LogP contribution in [0.5, 0.6) is 0 Å². The molecular formula is C42H55N7. The summed E-state index contributed by atoms with van der Waals surface area (Å²) in [5.41, 5.74) is 20.1. The number of fused-ring (bicyclic) bond motifs is 3. The molecule has 0 atom stereocenters. The highest BCUT2D eigenvalue weighted by atomic mass is 14.9. The van der Waals surface area contributed by atoms with Gasteiger partial charge in [0, 0.05) is 21.9 Å². The maximum atomic E-state index is 7.40. The summed E-state index contributed by atoms with van der Waals surface area (Å²) in [6, 6.07) is 26.9. The van der Waals surface area contributed by atoms with Gasteiger partial charge >= 0.3 is 0 Å². The molecule has 49 heavy (non-hydrogen) atoms.